The van der Waals surface area contributed by atoms with Gasteiger partial charge < -0.3 is 4.90 Å². The van der Waals surface area contributed by atoms with Crippen molar-refractivity contribution in [3.63, 3.8) is 0 Å². The fourth-order valence-electron chi connectivity index (χ4n) is 11.8. The van der Waals surface area contributed by atoms with Crippen LogP contribution < -0.4 is 4.90 Å². The van der Waals surface area contributed by atoms with E-state index in [2.05, 4.69) is 267 Å². The fourth-order valence-corrected chi connectivity index (χ4v) is 12.9. The Morgan fingerprint density at radius 1 is 0.282 bits per heavy atom. The highest BCUT2D eigenvalue weighted by Crippen LogP contribution is 2.53. The Balaban J connectivity index is 1.04. The van der Waals surface area contributed by atoms with E-state index in [-0.39, 0.29) is 5.41 Å². The van der Waals surface area contributed by atoms with Crippen LogP contribution >= 0.6 is 11.3 Å². The van der Waals surface area contributed by atoms with Crippen molar-refractivity contribution in [2.75, 3.05) is 4.90 Å². The molecule has 0 spiro atoms. The maximum atomic E-state index is 2.53. The van der Waals surface area contributed by atoms with E-state index >= 15 is 0 Å². The molecular formula is C69H47NS. The monoisotopic (exact) mass is 921 g/mol. The van der Waals surface area contributed by atoms with Gasteiger partial charge in [-0.3, -0.25) is 0 Å². The lowest BCUT2D eigenvalue weighted by Crippen LogP contribution is -2.17. The summed E-state index contributed by atoms with van der Waals surface area (Å²) in [7, 11) is 0. The molecule has 13 aromatic rings. The minimum Gasteiger partial charge on any atom is -0.310 e. The van der Waals surface area contributed by atoms with Gasteiger partial charge in [0.1, 0.15) is 0 Å². The van der Waals surface area contributed by atoms with Gasteiger partial charge in [-0.1, -0.05) is 208 Å². The molecular weight excluding hydrogens is 875 g/mol. The van der Waals surface area contributed by atoms with Crippen LogP contribution in [0.3, 0.4) is 0 Å². The summed E-state index contributed by atoms with van der Waals surface area (Å²) < 4.78 is 2.63. The van der Waals surface area contributed by atoms with Gasteiger partial charge in [0.05, 0.1) is 5.69 Å². The van der Waals surface area contributed by atoms with Crippen LogP contribution in [0, 0.1) is 0 Å². The molecule has 1 aliphatic rings. The lowest BCUT2D eigenvalue weighted by molar-refractivity contribution is 0.660. The number of hydrogen-bond donors (Lipinski definition) is 0. The minimum atomic E-state index is -0.179. The zero-order chi connectivity index (χ0) is 47.2. The molecule has 0 saturated heterocycles. The van der Waals surface area contributed by atoms with Crippen molar-refractivity contribution >= 4 is 80.9 Å². The van der Waals surface area contributed by atoms with Gasteiger partial charge in [-0.25, -0.2) is 0 Å². The summed E-state index contributed by atoms with van der Waals surface area (Å²) in [5.74, 6) is 0. The third kappa shape index (κ3) is 6.67. The van der Waals surface area contributed by atoms with E-state index in [1.54, 1.807) is 0 Å². The number of fused-ring (bicyclic) bond motifs is 12. The molecule has 0 saturated carbocycles. The molecule has 12 aromatic carbocycles. The van der Waals surface area contributed by atoms with Crippen LogP contribution in [0.4, 0.5) is 17.1 Å². The molecule has 14 rings (SSSR count). The smallest absolute Gasteiger partial charge is 0.0546 e. The van der Waals surface area contributed by atoms with Gasteiger partial charge in [0.25, 0.3) is 0 Å². The van der Waals surface area contributed by atoms with Gasteiger partial charge in [0.2, 0.25) is 0 Å². The van der Waals surface area contributed by atoms with E-state index in [1.807, 2.05) is 11.3 Å². The summed E-state index contributed by atoms with van der Waals surface area (Å²) in [4.78, 5) is 2.53. The first kappa shape index (κ1) is 41.4. The lowest BCUT2D eigenvalue weighted by atomic mass is 9.82. The molecule has 0 atom stereocenters. The van der Waals surface area contributed by atoms with Crippen LogP contribution in [-0.4, -0.2) is 0 Å². The number of rotatable bonds is 7. The van der Waals surface area contributed by atoms with E-state index in [1.165, 1.54) is 108 Å². The van der Waals surface area contributed by atoms with Crippen molar-refractivity contribution in [1.82, 2.24) is 0 Å². The molecule has 1 nitrogen and oxygen atoms in total. The Kier molecular flexibility index (Phi) is 9.49. The average molecular weight is 922 g/mol. The summed E-state index contributed by atoms with van der Waals surface area (Å²) in [5.41, 5.74) is 18.0. The fraction of sp³-hybridized carbons (Fsp3) is 0.0435. The molecule has 0 radical (unpaired) electrons. The van der Waals surface area contributed by atoms with Crippen molar-refractivity contribution in [1.29, 1.82) is 0 Å². The summed E-state index contributed by atoms with van der Waals surface area (Å²) in [6.45, 7) is 4.76. The predicted molar refractivity (Wildman–Crippen MR) is 306 cm³/mol. The topological polar surface area (TPSA) is 3.24 Å². The van der Waals surface area contributed by atoms with Crippen LogP contribution in [0.5, 0.6) is 0 Å². The largest absolute Gasteiger partial charge is 0.310 e. The van der Waals surface area contributed by atoms with Crippen LogP contribution in [0.15, 0.2) is 249 Å². The quantitative estimate of drug-likeness (QED) is 0.144. The Bertz CT molecular complexity index is 4240. The third-order valence-corrected chi connectivity index (χ3v) is 16.4. The molecule has 0 unspecified atom stereocenters. The van der Waals surface area contributed by atoms with Crippen molar-refractivity contribution in [2.45, 2.75) is 19.3 Å². The van der Waals surface area contributed by atoms with Crippen LogP contribution in [-0.2, 0) is 5.41 Å². The molecule has 1 aliphatic carbocycles. The van der Waals surface area contributed by atoms with Gasteiger partial charge in [0.15, 0.2) is 0 Å². The first-order valence-corrected chi connectivity index (χ1v) is 25.5. The second-order valence-corrected chi connectivity index (χ2v) is 20.7. The van der Waals surface area contributed by atoms with Gasteiger partial charge in [-0.2, -0.15) is 0 Å². The maximum absolute atomic E-state index is 2.53. The molecule has 1 heterocycles. The Hall–Kier alpha value is -8.56. The Labute approximate surface area is 418 Å². The van der Waals surface area contributed by atoms with Crippen molar-refractivity contribution in [3.8, 4) is 55.6 Å². The highest BCUT2D eigenvalue weighted by Gasteiger charge is 2.36. The van der Waals surface area contributed by atoms with Crippen LogP contribution in [0.2, 0.25) is 0 Å². The number of anilines is 3. The van der Waals surface area contributed by atoms with Crippen molar-refractivity contribution in [3.05, 3.63) is 260 Å². The maximum Gasteiger partial charge on any atom is 0.0546 e. The summed E-state index contributed by atoms with van der Waals surface area (Å²) in [5, 5.41) is 10.1. The number of hydrogen-bond acceptors (Lipinski definition) is 2. The first-order chi connectivity index (χ1) is 35.0. The van der Waals surface area contributed by atoms with E-state index in [4.69, 9.17) is 0 Å². The van der Waals surface area contributed by atoms with Gasteiger partial charge in [-0.15, -0.1) is 11.3 Å². The van der Waals surface area contributed by atoms with Gasteiger partial charge >= 0.3 is 0 Å². The first-order valence-electron chi connectivity index (χ1n) is 24.7. The highest BCUT2D eigenvalue weighted by molar-refractivity contribution is 7.25. The zero-order valence-electron chi connectivity index (χ0n) is 39.5. The summed E-state index contributed by atoms with van der Waals surface area (Å²) in [6, 6.07) is 92.8. The second kappa shape index (κ2) is 16.3. The number of benzene rings is 12. The molecule has 0 N–H and O–H groups in total. The standard InChI is InChI=1S/C69H47NS/c1-69(2)64-27-15-13-25-56(64)57-38-35-50(41-65(57)69)70(49-33-29-44(30-34-49)47-31-37-59-58-26-14-16-28-67(58)71-68(59)40-47)66-43-63-55-24-12-10-22-53(55)52-21-9-11-23-54(52)62(63)42-61(66)48-32-36-51(45-17-5-3-6-18-45)60(39-48)46-19-7-4-8-20-46/h3-43H,1-2H3. The SMILES string of the molecule is CC1(C)c2ccccc2-c2ccc(N(c3ccc(-c4ccc5c(c4)sc4ccccc45)cc3)c3cc4c5ccccc5c5ccccc5c4cc3-c3ccc(-c4ccccc4)c(-c4ccccc4)c3)cc21. The zero-order valence-corrected chi connectivity index (χ0v) is 40.3. The lowest BCUT2D eigenvalue weighted by Gasteiger charge is -2.31. The molecule has 334 valence electrons. The summed E-state index contributed by atoms with van der Waals surface area (Å²) in [6.07, 6.45) is 0. The summed E-state index contributed by atoms with van der Waals surface area (Å²) >= 11 is 1.87. The van der Waals surface area contributed by atoms with E-state index in [0.29, 0.717) is 0 Å². The molecule has 0 bridgehead atoms. The van der Waals surface area contributed by atoms with Gasteiger partial charge in [0, 0.05) is 42.5 Å². The third-order valence-electron chi connectivity index (χ3n) is 15.3. The average Bonchev–Trinajstić information content (AvgIpc) is 3.92. The molecule has 71 heavy (non-hydrogen) atoms. The normalized spacial score (nSPS) is 12.8. The molecule has 0 aliphatic heterocycles. The Morgan fingerprint density at radius 2 is 0.803 bits per heavy atom. The van der Waals surface area contributed by atoms with E-state index in [0.717, 1.165) is 28.2 Å². The number of nitrogens with zero attached hydrogens (tertiary/aromatic N) is 1. The Morgan fingerprint density at radius 3 is 1.52 bits per heavy atom. The van der Waals surface area contributed by atoms with Crippen molar-refractivity contribution < 1.29 is 0 Å². The van der Waals surface area contributed by atoms with E-state index < -0.39 is 0 Å². The van der Waals surface area contributed by atoms with Gasteiger partial charge in [-0.05, 0) is 148 Å². The molecule has 2 heteroatoms. The highest BCUT2D eigenvalue weighted by atomic mass is 32.1. The predicted octanol–water partition coefficient (Wildman–Crippen LogP) is 20.0. The molecule has 1 aromatic heterocycles. The minimum absolute atomic E-state index is 0.179. The van der Waals surface area contributed by atoms with Crippen LogP contribution in [0.1, 0.15) is 25.0 Å². The van der Waals surface area contributed by atoms with E-state index in [9.17, 15) is 0 Å². The van der Waals surface area contributed by atoms with Crippen LogP contribution in [0.25, 0.3) is 108 Å². The molecule has 0 amide bonds. The van der Waals surface area contributed by atoms with Crippen molar-refractivity contribution in [2.24, 2.45) is 0 Å². The second-order valence-electron chi connectivity index (χ2n) is 19.6. The number of thiophene rings is 1. The molecule has 0 fully saturated rings.